The molecule has 1 saturated heterocycles. The molecule has 0 spiro atoms. The smallest absolute Gasteiger partial charge is 0.317 e. The van der Waals surface area contributed by atoms with Gasteiger partial charge in [0.2, 0.25) is 0 Å². The number of rotatable bonds is 4. The molecule has 1 aliphatic rings. The van der Waals surface area contributed by atoms with Crippen molar-refractivity contribution in [1.82, 2.24) is 4.90 Å². The van der Waals surface area contributed by atoms with Crippen molar-refractivity contribution in [2.75, 3.05) is 19.7 Å². The molecule has 1 atom stereocenters. The molecule has 0 aromatic heterocycles. The van der Waals surface area contributed by atoms with Crippen molar-refractivity contribution in [2.45, 2.75) is 19.9 Å². The summed E-state index contributed by atoms with van der Waals surface area (Å²) in [6, 6.07) is 10.1. The predicted octanol–water partition coefficient (Wildman–Crippen LogP) is 2.44. The van der Waals surface area contributed by atoms with E-state index in [1.165, 1.54) is 5.56 Å². The zero-order valence-electron chi connectivity index (χ0n) is 12.6. The third kappa shape index (κ3) is 5.16. The number of hydrogen-bond acceptors (Lipinski definition) is 4. The fourth-order valence-corrected chi connectivity index (χ4v) is 2.33. The van der Waals surface area contributed by atoms with Gasteiger partial charge >= 0.3 is 5.97 Å². The SMILES string of the molecule is C=C.CCOC(=O)C1CN(Cc2ccccc2)CCC1=O. The van der Waals surface area contributed by atoms with Gasteiger partial charge in [0.25, 0.3) is 0 Å². The number of carbonyl (C=O) groups excluding carboxylic acids is 2. The Kier molecular flexibility index (Phi) is 7.40. The summed E-state index contributed by atoms with van der Waals surface area (Å²) in [6.45, 7) is 10.0. The lowest BCUT2D eigenvalue weighted by molar-refractivity contribution is -0.154. The van der Waals surface area contributed by atoms with Gasteiger partial charge in [-0.15, -0.1) is 13.2 Å². The van der Waals surface area contributed by atoms with E-state index in [1.54, 1.807) is 6.92 Å². The summed E-state index contributed by atoms with van der Waals surface area (Å²) in [5.74, 6) is -0.995. The first-order valence-electron chi connectivity index (χ1n) is 7.16. The van der Waals surface area contributed by atoms with Crippen LogP contribution >= 0.6 is 0 Å². The van der Waals surface area contributed by atoms with Crippen molar-refractivity contribution in [3.8, 4) is 0 Å². The summed E-state index contributed by atoms with van der Waals surface area (Å²) in [5.41, 5.74) is 1.19. The average molecular weight is 289 g/mol. The zero-order chi connectivity index (χ0) is 15.7. The molecule has 0 amide bonds. The van der Waals surface area contributed by atoms with E-state index in [2.05, 4.69) is 30.2 Å². The van der Waals surface area contributed by atoms with Crippen LogP contribution in [0.15, 0.2) is 43.5 Å². The van der Waals surface area contributed by atoms with E-state index >= 15 is 0 Å². The number of likely N-dealkylation sites (tertiary alicyclic amines) is 1. The van der Waals surface area contributed by atoms with E-state index in [-0.39, 0.29) is 11.8 Å². The molecule has 1 unspecified atom stereocenters. The minimum atomic E-state index is -0.614. The van der Waals surface area contributed by atoms with Crippen molar-refractivity contribution in [1.29, 1.82) is 0 Å². The first-order chi connectivity index (χ1) is 10.2. The molecule has 1 aliphatic heterocycles. The van der Waals surface area contributed by atoms with E-state index in [9.17, 15) is 9.59 Å². The van der Waals surface area contributed by atoms with Crippen LogP contribution in [0.3, 0.4) is 0 Å². The number of nitrogens with zero attached hydrogens (tertiary/aromatic N) is 1. The lowest BCUT2D eigenvalue weighted by Crippen LogP contribution is -2.44. The van der Waals surface area contributed by atoms with E-state index in [1.807, 2.05) is 18.2 Å². The van der Waals surface area contributed by atoms with Crippen molar-refractivity contribution in [3.63, 3.8) is 0 Å². The maximum Gasteiger partial charge on any atom is 0.317 e. The second kappa shape index (κ2) is 9.08. The summed E-state index contributed by atoms with van der Waals surface area (Å²) in [5, 5.41) is 0. The molecule has 1 aromatic carbocycles. The highest BCUT2D eigenvalue weighted by Crippen LogP contribution is 2.17. The Morgan fingerprint density at radius 2 is 2.00 bits per heavy atom. The standard InChI is InChI=1S/C15H19NO3.C2H4/c1-2-19-15(18)13-11-16(9-8-14(13)17)10-12-6-4-3-5-7-12;1-2/h3-7,13H,2,8-11H2,1H3;1-2H2. The first kappa shape index (κ1) is 17.1. The van der Waals surface area contributed by atoms with Gasteiger partial charge < -0.3 is 4.74 Å². The van der Waals surface area contributed by atoms with Crippen LogP contribution in [0.5, 0.6) is 0 Å². The number of ether oxygens (including phenoxy) is 1. The Bertz CT molecular complexity index is 458. The molecule has 1 heterocycles. The van der Waals surface area contributed by atoms with Gasteiger partial charge in [0.1, 0.15) is 11.7 Å². The molecular formula is C17H23NO3. The van der Waals surface area contributed by atoms with Gasteiger partial charge in [0, 0.05) is 26.1 Å². The third-order valence-electron chi connectivity index (χ3n) is 3.32. The first-order valence-corrected chi connectivity index (χ1v) is 7.16. The number of piperidine rings is 1. The topological polar surface area (TPSA) is 46.6 Å². The van der Waals surface area contributed by atoms with Gasteiger partial charge in [0.05, 0.1) is 6.61 Å². The highest BCUT2D eigenvalue weighted by molar-refractivity contribution is 5.99. The average Bonchev–Trinajstić information content (AvgIpc) is 2.52. The lowest BCUT2D eigenvalue weighted by Gasteiger charge is -2.30. The Morgan fingerprint density at radius 1 is 1.33 bits per heavy atom. The minimum absolute atomic E-state index is 0.00256. The highest BCUT2D eigenvalue weighted by atomic mass is 16.5. The molecule has 4 heteroatoms. The number of ketones is 1. The maximum absolute atomic E-state index is 11.8. The van der Waals surface area contributed by atoms with Crippen molar-refractivity contribution in [2.24, 2.45) is 5.92 Å². The fourth-order valence-electron chi connectivity index (χ4n) is 2.33. The summed E-state index contributed by atoms with van der Waals surface area (Å²) >= 11 is 0. The van der Waals surface area contributed by atoms with E-state index < -0.39 is 5.92 Å². The largest absolute Gasteiger partial charge is 0.465 e. The zero-order valence-corrected chi connectivity index (χ0v) is 12.6. The van der Waals surface area contributed by atoms with Crippen molar-refractivity contribution < 1.29 is 14.3 Å². The van der Waals surface area contributed by atoms with Crippen LogP contribution in [0.2, 0.25) is 0 Å². The summed E-state index contributed by atoms with van der Waals surface area (Å²) in [6.07, 6.45) is 0.427. The Morgan fingerprint density at radius 3 is 2.62 bits per heavy atom. The number of hydrogen-bond donors (Lipinski definition) is 0. The fraction of sp³-hybridized carbons (Fsp3) is 0.412. The normalized spacial score (nSPS) is 18.5. The van der Waals surface area contributed by atoms with Gasteiger partial charge in [0.15, 0.2) is 0 Å². The van der Waals surface area contributed by atoms with Crippen LogP contribution in [0, 0.1) is 5.92 Å². The lowest BCUT2D eigenvalue weighted by atomic mass is 9.96. The summed E-state index contributed by atoms with van der Waals surface area (Å²) < 4.78 is 4.96. The van der Waals surface area contributed by atoms with E-state index in [0.717, 1.165) is 6.54 Å². The van der Waals surface area contributed by atoms with Crippen LogP contribution in [-0.2, 0) is 20.9 Å². The second-order valence-corrected chi connectivity index (χ2v) is 4.74. The highest BCUT2D eigenvalue weighted by Gasteiger charge is 2.33. The van der Waals surface area contributed by atoms with Crippen LogP contribution in [0.1, 0.15) is 18.9 Å². The van der Waals surface area contributed by atoms with Crippen molar-refractivity contribution >= 4 is 11.8 Å². The molecule has 0 bridgehead atoms. The van der Waals surface area contributed by atoms with Crippen LogP contribution in [0.4, 0.5) is 0 Å². The maximum atomic E-state index is 11.8. The van der Waals surface area contributed by atoms with Crippen molar-refractivity contribution in [3.05, 3.63) is 49.1 Å². The summed E-state index contributed by atoms with van der Waals surface area (Å²) in [7, 11) is 0. The third-order valence-corrected chi connectivity index (χ3v) is 3.32. The second-order valence-electron chi connectivity index (χ2n) is 4.74. The molecule has 21 heavy (non-hydrogen) atoms. The molecule has 4 nitrogen and oxygen atoms in total. The molecule has 1 aromatic rings. The summed E-state index contributed by atoms with van der Waals surface area (Å²) in [4.78, 5) is 25.7. The number of carbonyl (C=O) groups is 2. The predicted molar refractivity (Wildman–Crippen MR) is 82.7 cm³/mol. The van der Waals surface area contributed by atoms with Crippen LogP contribution < -0.4 is 0 Å². The van der Waals surface area contributed by atoms with Crippen LogP contribution in [0.25, 0.3) is 0 Å². The Labute approximate surface area is 126 Å². The van der Waals surface area contributed by atoms with Gasteiger partial charge in [-0.2, -0.15) is 0 Å². The minimum Gasteiger partial charge on any atom is -0.465 e. The van der Waals surface area contributed by atoms with Crippen LogP contribution in [-0.4, -0.2) is 36.3 Å². The quantitative estimate of drug-likeness (QED) is 0.485. The van der Waals surface area contributed by atoms with E-state index in [0.29, 0.717) is 26.1 Å². The molecule has 0 aliphatic carbocycles. The number of Topliss-reactive ketones (excluding diaryl/α,β-unsaturated/α-hetero) is 1. The monoisotopic (exact) mass is 289 g/mol. The Hall–Kier alpha value is -1.94. The molecule has 114 valence electrons. The Balaban J connectivity index is 0.00000106. The van der Waals surface area contributed by atoms with Gasteiger partial charge in [-0.25, -0.2) is 0 Å². The van der Waals surface area contributed by atoms with Gasteiger partial charge in [-0.1, -0.05) is 30.3 Å². The molecule has 2 rings (SSSR count). The molecule has 0 radical (unpaired) electrons. The molecule has 1 fully saturated rings. The number of esters is 1. The molecular weight excluding hydrogens is 266 g/mol. The number of benzene rings is 1. The molecule has 0 N–H and O–H groups in total. The van der Waals surface area contributed by atoms with Gasteiger partial charge in [-0.3, -0.25) is 14.5 Å². The van der Waals surface area contributed by atoms with E-state index in [4.69, 9.17) is 4.74 Å². The van der Waals surface area contributed by atoms with Gasteiger partial charge in [-0.05, 0) is 12.5 Å². The molecule has 0 saturated carbocycles.